The molecule has 0 unspecified atom stereocenters. The minimum absolute atomic E-state index is 0.0392. The van der Waals surface area contributed by atoms with Crippen molar-refractivity contribution in [3.63, 3.8) is 0 Å². The molecule has 0 aliphatic carbocycles. The normalized spacial score (nSPS) is 13.0. The number of aryl methyl sites for hydroxylation is 1. The summed E-state index contributed by atoms with van der Waals surface area (Å²) >= 11 is 0. The third-order valence-corrected chi connectivity index (χ3v) is 7.99. The van der Waals surface area contributed by atoms with Crippen LogP contribution in [0.15, 0.2) is 59.1 Å². The van der Waals surface area contributed by atoms with Crippen molar-refractivity contribution in [2.24, 2.45) is 7.05 Å². The Morgan fingerprint density at radius 1 is 0.935 bits per heavy atom. The van der Waals surface area contributed by atoms with E-state index in [0.717, 1.165) is 38.6 Å². The number of hydrogen-bond donors (Lipinski definition) is 0. The Morgan fingerprint density at radius 2 is 1.68 bits per heavy atom. The van der Waals surface area contributed by atoms with Gasteiger partial charge in [-0.3, -0.25) is 4.98 Å². The summed E-state index contributed by atoms with van der Waals surface area (Å²) in [6, 6.07) is 17.6. The summed E-state index contributed by atoms with van der Waals surface area (Å²) in [7, 11) is 0.607. The van der Waals surface area contributed by atoms with E-state index in [4.69, 9.17) is 9.40 Å². The zero-order chi connectivity index (χ0) is 22.1. The summed E-state index contributed by atoms with van der Waals surface area (Å²) in [5, 5.41) is 4.85. The first-order valence-electron chi connectivity index (χ1n) is 11.0. The summed E-state index contributed by atoms with van der Waals surface area (Å²) in [5.74, 6) is 0. The van der Waals surface area contributed by atoms with E-state index < -0.39 is 8.07 Å². The van der Waals surface area contributed by atoms with E-state index in [1.54, 1.807) is 0 Å². The molecule has 5 rings (SSSR count). The fourth-order valence-electron chi connectivity index (χ4n) is 4.57. The molecule has 0 aliphatic rings. The maximum absolute atomic E-state index is 6.42. The molecule has 0 spiro atoms. The van der Waals surface area contributed by atoms with E-state index in [-0.39, 0.29) is 5.41 Å². The molecule has 0 aliphatic heterocycles. The van der Waals surface area contributed by atoms with Crippen molar-refractivity contribution >= 4 is 46.2 Å². The van der Waals surface area contributed by atoms with Crippen molar-refractivity contribution in [3.8, 4) is 11.3 Å². The molecule has 5 aromatic rings. The maximum Gasteiger partial charge on any atom is 0.159 e. The standard InChI is InChI=1S/C27H30N2OSi/c1-27(2,3)21-15-18(14-17-10-8-9-11-19(17)21)24-25-20(12-13-28-24)26-22(29(25)4)16-23(30-26)31(5,6)7/h8-16H,1-7H3. The molecular weight excluding hydrogens is 396 g/mol. The van der Waals surface area contributed by atoms with Gasteiger partial charge < -0.3 is 8.98 Å². The van der Waals surface area contributed by atoms with Crippen molar-refractivity contribution < 1.29 is 4.42 Å². The van der Waals surface area contributed by atoms with Crippen molar-refractivity contribution in [1.29, 1.82) is 0 Å². The topological polar surface area (TPSA) is 31.0 Å². The van der Waals surface area contributed by atoms with Crippen LogP contribution >= 0.6 is 0 Å². The van der Waals surface area contributed by atoms with E-state index in [0.29, 0.717) is 0 Å². The first-order chi connectivity index (χ1) is 14.6. The summed E-state index contributed by atoms with van der Waals surface area (Å²) in [6.07, 6.45) is 1.92. The SMILES string of the molecule is Cn1c2cc([Si](C)(C)C)oc2c2ccnc(-c3cc(C(C)(C)C)c4ccccc4c3)c21. The number of benzene rings is 2. The Hall–Kier alpha value is -2.85. The number of furan rings is 1. The molecule has 0 atom stereocenters. The molecule has 3 aromatic heterocycles. The lowest BCUT2D eigenvalue weighted by molar-refractivity contribution is 0.596. The van der Waals surface area contributed by atoms with Crippen LogP contribution in [0.1, 0.15) is 26.3 Å². The molecule has 0 saturated carbocycles. The number of rotatable bonds is 2. The molecule has 158 valence electrons. The summed E-state index contributed by atoms with van der Waals surface area (Å²) in [6.45, 7) is 13.8. The second-order valence-electron chi connectivity index (χ2n) is 10.7. The largest absolute Gasteiger partial charge is 0.464 e. The Morgan fingerprint density at radius 3 is 2.39 bits per heavy atom. The summed E-state index contributed by atoms with van der Waals surface area (Å²) < 4.78 is 8.67. The second kappa shape index (κ2) is 6.57. The lowest BCUT2D eigenvalue weighted by Gasteiger charge is -2.23. The van der Waals surface area contributed by atoms with Crippen molar-refractivity contribution in [2.45, 2.75) is 45.8 Å². The van der Waals surface area contributed by atoms with Crippen LogP contribution in [-0.2, 0) is 12.5 Å². The lowest BCUT2D eigenvalue weighted by Crippen LogP contribution is -2.36. The molecule has 0 radical (unpaired) electrons. The highest BCUT2D eigenvalue weighted by Gasteiger charge is 2.26. The van der Waals surface area contributed by atoms with Gasteiger partial charge in [0, 0.05) is 24.2 Å². The fourth-order valence-corrected chi connectivity index (χ4v) is 5.55. The monoisotopic (exact) mass is 426 g/mol. The number of fused-ring (bicyclic) bond motifs is 4. The highest BCUT2D eigenvalue weighted by atomic mass is 28.3. The van der Waals surface area contributed by atoms with Gasteiger partial charge in [0.2, 0.25) is 0 Å². The van der Waals surface area contributed by atoms with Crippen molar-refractivity contribution in [2.75, 3.05) is 0 Å². The van der Waals surface area contributed by atoms with Gasteiger partial charge in [-0.2, -0.15) is 0 Å². The molecule has 31 heavy (non-hydrogen) atoms. The third-order valence-electron chi connectivity index (χ3n) is 6.26. The van der Waals surface area contributed by atoms with Crippen LogP contribution < -0.4 is 5.38 Å². The smallest absolute Gasteiger partial charge is 0.159 e. The minimum Gasteiger partial charge on any atom is -0.464 e. The van der Waals surface area contributed by atoms with Gasteiger partial charge in [-0.25, -0.2) is 0 Å². The van der Waals surface area contributed by atoms with Crippen LogP contribution in [0.4, 0.5) is 0 Å². The summed E-state index contributed by atoms with van der Waals surface area (Å²) in [4.78, 5) is 4.86. The Bertz CT molecular complexity index is 1460. The number of nitrogens with zero attached hydrogens (tertiary/aromatic N) is 2. The highest BCUT2D eigenvalue weighted by Crippen LogP contribution is 2.38. The number of aromatic nitrogens is 2. The van der Waals surface area contributed by atoms with Gasteiger partial charge in [-0.05, 0) is 46.0 Å². The fraction of sp³-hybridized carbons (Fsp3) is 0.296. The summed E-state index contributed by atoms with van der Waals surface area (Å²) in [5.41, 5.74) is 6.82. The van der Waals surface area contributed by atoms with Crippen LogP contribution in [0.2, 0.25) is 19.6 Å². The van der Waals surface area contributed by atoms with Crippen LogP contribution in [0, 0.1) is 0 Å². The molecule has 4 heteroatoms. The van der Waals surface area contributed by atoms with Gasteiger partial charge in [0.25, 0.3) is 0 Å². The average Bonchev–Trinajstić information content (AvgIpc) is 3.26. The van der Waals surface area contributed by atoms with Crippen LogP contribution in [0.5, 0.6) is 0 Å². The van der Waals surface area contributed by atoms with Gasteiger partial charge in [0.1, 0.15) is 8.07 Å². The molecular formula is C27H30N2OSi. The highest BCUT2D eigenvalue weighted by molar-refractivity contribution is 6.87. The predicted octanol–water partition coefficient (Wildman–Crippen LogP) is 6.98. The third kappa shape index (κ3) is 3.12. The van der Waals surface area contributed by atoms with Gasteiger partial charge in [0.05, 0.1) is 22.1 Å². The Labute approximate surface area is 184 Å². The number of pyridine rings is 1. The van der Waals surface area contributed by atoms with Gasteiger partial charge >= 0.3 is 0 Å². The van der Waals surface area contributed by atoms with E-state index >= 15 is 0 Å². The van der Waals surface area contributed by atoms with Crippen LogP contribution in [0.3, 0.4) is 0 Å². The second-order valence-corrected chi connectivity index (χ2v) is 15.7. The lowest BCUT2D eigenvalue weighted by atomic mass is 9.82. The molecule has 3 heterocycles. The van der Waals surface area contributed by atoms with E-state index in [9.17, 15) is 0 Å². The van der Waals surface area contributed by atoms with Gasteiger partial charge in [0.15, 0.2) is 5.58 Å². The van der Waals surface area contributed by atoms with Gasteiger partial charge in [-0.1, -0.05) is 64.7 Å². The Balaban J connectivity index is 1.83. The van der Waals surface area contributed by atoms with Crippen LogP contribution in [-0.4, -0.2) is 17.6 Å². The number of hydrogen-bond acceptors (Lipinski definition) is 2. The molecule has 2 aromatic carbocycles. The van der Waals surface area contributed by atoms with Crippen LogP contribution in [0.25, 0.3) is 44.0 Å². The van der Waals surface area contributed by atoms with Gasteiger partial charge in [-0.15, -0.1) is 0 Å². The van der Waals surface area contributed by atoms with Crippen molar-refractivity contribution in [3.05, 3.63) is 60.3 Å². The molecule has 0 saturated heterocycles. The van der Waals surface area contributed by atoms with E-state index in [2.05, 4.69) is 101 Å². The zero-order valence-electron chi connectivity index (χ0n) is 19.5. The van der Waals surface area contributed by atoms with E-state index in [1.165, 1.54) is 16.3 Å². The first kappa shape index (κ1) is 20.1. The first-order valence-corrected chi connectivity index (χ1v) is 14.5. The Kier molecular flexibility index (Phi) is 4.25. The zero-order valence-corrected chi connectivity index (χ0v) is 20.5. The predicted molar refractivity (Wildman–Crippen MR) is 135 cm³/mol. The average molecular weight is 427 g/mol. The minimum atomic E-state index is -1.52. The molecule has 3 nitrogen and oxygen atoms in total. The molecule has 0 bridgehead atoms. The maximum atomic E-state index is 6.42. The van der Waals surface area contributed by atoms with E-state index in [1.807, 2.05) is 6.20 Å². The molecule has 0 fully saturated rings. The molecule has 0 N–H and O–H groups in total. The molecule has 0 amide bonds. The van der Waals surface area contributed by atoms with Crippen molar-refractivity contribution in [1.82, 2.24) is 9.55 Å². The quantitative estimate of drug-likeness (QED) is 0.285.